The second-order valence-corrected chi connectivity index (χ2v) is 9.05. The molecule has 0 amide bonds. The number of H-pyrrole nitrogens is 1. The van der Waals surface area contributed by atoms with Crippen LogP contribution < -0.4 is 0 Å². The van der Waals surface area contributed by atoms with E-state index in [1.165, 1.54) is 35.5 Å². The number of fused-ring (bicyclic) bond motifs is 3. The van der Waals surface area contributed by atoms with Crippen LogP contribution in [-0.2, 0) is 12.8 Å². The van der Waals surface area contributed by atoms with Crippen molar-refractivity contribution < 1.29 is 9.59 Å². The number of aryl methyl sites for hydroxylation is 4. The molecule has 0 saturated heterocycles. The molecule has 1 aliphatic carbocycles. The lowest BCUT2D eigenvalue weighted by Crippen LogP contribution is -2.06. The summed E-state index contributed by atoms with van der Waals surface area (Å²) >= 11 is 3.23. The van der Waals surface area contributed by atoms with Crippen molar-refractivity contribution in [2.75, 3.05) is 5.75 Å². The zero-order valence-electron chi connectivity index (χ0n) is 15.9. The van der Waals surface area contributed by atoms with Gasteiger partial charge in [0, 0.05) is 21.5 Å². The molecule has 0 aliphatic heterocycles. The Morgan fingerprint density at radius 1 is 1.19 bits per heavy atom. The zero-order chi connectivity index (χ0) is 19.3. The molecule has 7 heteroatoms. The van der Waals surface area contributed by atoms with E-state index in [2.05, 4.69) is 15.0 Å². The molecule has 0 radical (unpaired) electrons. The Kier molecular flexibility index (Phi) is 4.68. The summed E-state index contributed by atoms with van der Waals surface area (Å²) in [6.07, 6.45) is 3.37. The van der Waals surface area contributed by atoms with E-state index in [0.717, 1.165) is 45.2 Å². The Hall–Kier alpha value is -1.99. The van der Waals surface area contributed by atoms with Crippen molar-refractivity contribution in [2.24, 2.45) is 0 Å². The third-order valence-corrected chi connectivity index (χ3v) is 7.21. The molecule has 0 fully saturated rings. The van der Waals surface area contributed by atoms with Gasteiger partial charge in [-0.3, -0.25) is 9.59 Å². The normalized spacial score (nSPS) is 13.3. The fourth-order valence-electron chi connectivity index (χ4n) is 3.93. The van der Waals surface area contributed by atoms with Crippen molar-refractivity contribution in [2.45, 2.75) is 52.0 Å². The highest BCUT2D eigenvalue weighted by Gasteiger charge is 2.24. The van der Waals surface area contributed by atoms with Crippen LogP contribution >= 0.6 is 23.1 Å². The molecule has 0 unspecified atom stereocenters. The Balaban J connectivity index is 1.64. The van der Waals surface area contributed by atoms with Gasteiger partial charge in [0.15, 0.2) is 11.6 Å². The molecular formula is C20H21N3O2S2. The first kappa shape index (κ1) is 18.4. The number of carbonyl (C=O) groups excluding carboxylic acids is 2. The lowest BCUT2D eigenvalue weighted by molar-refractivity contribution is 0.101. The molecular weight excluding hydrogens is 378 g/mol. The van der Waals surface area contributed by atoms with E-state index in [4.69, 9.17) is 0 Å². The quantitative estimate of drug-likeness (QED) is 0.385. The van der Waals surface area contributed by atoms with Crippen LogP contribution in [0, 0.1) is 20.8 Å². The SMILES string of the molecule is CC(=O)c1c(C)[nH]c(C(=O)CSc2nc(C)nc3sc4c(c23)CCC4)c1C. The number of aromatic nitrogens is 3. The zero-order valence-corrected chi connectivity index (χ0v) is 17.5. The van der Waals surface area contributed by atoms with E-state index in [1.54, 1.807) is 11.3 Å². The first-order chi connectivity index (χ1) is 12.9. The van der Waals surface area contributed by atoms with Crippen LogP contribution in [0.2, 0.25) is 0 Å². The van der Waals surface area contributed by atoms with Crippen molar-refractivity contribution >= 4 is 44.9 Å². The van der Waals surface area contributed by atoms with Gasteiger partial charge >= 0.3 is 0 Å². The summed E-state index contributed by atoms with van der Waals surface area (Å²) in [6.45, 7) is 7.09. The van der Waals surface area contributed by atoms with Crippen molar-refractivity contribution in [1.29, 1.82) is 0 Å². The minimum absolute atomic E-state index is 0.00982. The molecule has 140 valence electrons. The maximum absolute atomic E-state index is 12.8. The monoisotopic (exact) mass is 399 g/mol. The van der Waals surface area contributed by atoms with Gasteiger partial charge in [0.25, 0.3) is 0 Å². The van der Waals surface area contributed by atoms with Crippen LogP contribution in [-0.4, -0.2) is 32.3 Å². The Morgan fingerprint density at radius 2 is 1.96 bits per heavy atom. The largest absolute Gasteiger partial charge is 0.355 e. The van der Waals surface area contributed by atoms with E-state index in [1.807, 2.05) is 20.8 Å². The lowest BCUT2D eigenvalue weighted by Gasteiger charge is -2.05. The van der Waals surface area contributed by atoms with Gasteiger partial charge in [0.2, 0.25) is 0 Å². The number of thiophene rings is 1. The van der Waals surface area contributed by atoms with Crippen LogP contribution in [0.15, 0.2) is 5.03 Å². The molecule has 0 bridgehead atoms. The number of ketones is 2. The smallest absolute Gasteiger partial charge is 0.189 e. The number of thioether (sulfide) groups is 1. The highest BCUT2D eigenvalue weighted by molar-refractivity contribution is 8.00. The summed E-state index contributed by atoms with van der Waals surface area (Å²) in [5, 5.41) is 2.04. The minimum Gasteiger partial charge on any atom is -0.355 e. The van der Waals surface area contributed by atoms with Gasteiger partial charge in [-0.1, -0.05) is 11.8 Å². The number of aromatic amines is 1. The number of nitrogens with one attached hydrogen (secondary N) is 1. The van der Waals surface area contributed by atoms with E-state index >= 15 is 0 Å². The third kappa shape index (κ3) is 3.12. The van der Waals surface area contributed by atoms with E-state index < -0.39 is 0 Å². The predicted octanol–water partition coefficient (Wildman–Crippen LogP) is 4.61. The van der Waals surface area contributed by atoms with Crippen LogP contribution in [0.3, 0.4) is 0 Å². The van der Waals surface area contributed by atoms with Crippen LogP contribution in [0.5, 0.6) is 0 Å². The molecule has 27 heavy (non-hydrogen) atoms. The first-order valence-electron chi connectivity index (χ1n) is 9.01. The number of rotatable bonds is 5. The summed E-state index contributed by atoms with van der Waals surface area (Å²) in [5.41, 5.74) is 4.02. The summed E-state index contributed by atoms with van der Waals surface area (Å²) < 4.78 is 0. The van der Waals surface area contributed by atoms with E-state index in [-0.39, 0.29) is 17.3 Å². The molecule has 0 spiro atoms. The second kappa shape index (κ2) is 6.87. The molecule has 4 rings (SSSR count). The molecule has 1 N–H and O–H groups in total. The second-order valence-electron chi connectivity index (χ2n) is 7.01. The van der Waals surface area contributed by atoms with Crippen LogP contribution in [0.4, 0.5) is 0 Å². The summed E-state index contributed by atoms with van der Waals surface area (Å²) in [5.74, 6) is 0.997. The average molecular weight is 400 g/mol. The van der Waals surface area contributed by atoms with Gasteiger partial charge in [0.1, 0.15) is 15.7 Å². The third-order valence-electron chi connectivity index (χ3n) is 5.05. The van der Waals surface area contributed by atoms with Gasteiger partial charge in [-0.25, -0.2) is 9.97 Å². The highest BCUT2D eigenvalue weighted by Crippen LogP contribution is 2.40. The Morgan fingerprint density at radius 3 is 2.67 bits per heavy atom. The summed E-state index contributed by atoms with van der Waals surface area (Å²) in [6, 6.07) is 0. The van der Waals surface area contributed by atoms with Crippen molar-refractivity contribution in [3.63, 3.8) is 0 Å². The highest BCUT2D eigenvalue weighted by atomic mass is 32.2. The van der Waals surface area contributed by atoms with Gasteiger partial charge in [-0.15, -0.1) is 11.3 Å². The fourth-order valence-corrected chi connectivity index (χ4v) is 6.28. The standard InChI is InChI=1S/C20H21N3O2S2/c1-9-16(11(3)24)10(2)21-18(9)14(25)8-26-19-17-13-6-5-7-15(13)27-20(17)23-12(4)22-19/h21H,5-8H2,1-4H3. The molecule has 0 atom stereocenters. The molecule has 1 aliphatic rings. The molecule has 5 nitrogen and oxygen atoms in total. The topological polar surface area (TPSA) is 75.7 Å². The molecule has 0 aromatic carbocycles. The molecule has 3 aromatic rings. The molecule has 0 saturated carbocycles. The van der Waals surface area contributed by atoms with Crippen molar-refractivity contribution in [3.05, 3.63) is 38.8 Å². The van der Waals surface area contributed by atoms with Crippen molar-refractivity contribution in [3.8, 4) is 0 Å². The summed E-state index contributed by atoms with van der Waals surface area (Å²) in [7, 11) is 0. The molecule has 3 heterocycles. The van der Waals surface area contributed by atoms with E-state index in [9.17, 15) is 9.59 Å². The maximum Gasteiger partial charge on any atom is 0.189 e. The maximum atomic E-state index is 12.8. The van der Waals surface area contributed by atoms with Gasteiger partial charge in [-0.05, 0) is 58.1 Å². The minimum atomic E-state index is -0.0186. The van der Waals surface area contributed by atoms with Crippen LogP contribution in [0.25, 0.3) is 10.2 Å². The van der Waals surface area contributed by atoms with Crippen LogP contribution in [0.1, 0.15) is 61.7 Å². The number of carbonyl (C=O) groups is 2. The fraction of sp³-hybridized carbons (Fsp3) is 0.400. The number of nitrogens with zero attached hydrogens (tertiary/aromatic N) is 2. The summed E-state index contributed by atoms with van der Waals surface area (Å²) in [4.78, 5) is 39.4. The average Bonchev–Trinajstić information content (AvgIpc) is 3.24. The Labute approximate surface area is 166 Å². The van der Waals surface area contributed by atoms with Gasteiger partial charge < -0.3 is 4.98 Å². The predicted molar refractivity (Wildman–Crippen MR) is 110 cm³/mol. The van der Waals surface area contributed by atoms with Gasteiger partial charge in [-0.2, -0.15) is 0 Å². The van der Waals surface area contributed by atoms with E-state index in [0.29, 0.717) is 11.3 Å². The van der Waals surface area contributed by atoms with Gasteiger partial charge in [0.05, 0.1) is 11.4 Å². The Bertz CT molecular complexity index is 1090. The van der Waals surface area contributed by atoms with Crippen molar-refractivity contribution in [1.82, 2.24) is 15.0 Å². The molecule has 3 aromatic heterocycles. The lowest BCUT2D eigenvalue weighted by atomic mass is 10.1. The number of hydrogen-bond acceptors (Lipinski definition) is 6. The number of Topliss-reactive ketones (excluding diaryl/α,β-unsaturated/α-hetero) is 2. The first-order valence-corrected chi connectivity index (χ1v) is 10.8. The number of hydrogen-bond donors (Lipinski definition) is 1.